The van der Waals surface area contributed by atoms with Crippen molar-refractivity contribution in [3.8, 4) is 0 Å². The van der Waals surface area contributed by atoms with Crippen LogP contribution in [0.3, 0.4) is 0 Å². The number of Topliss-reactive ketones (excluding diaryl/α,β-unsaturated/α-hetero) is 1. The van der Waals surface area contributed by atoms with Crippen molar-refractivity contribution >= 4 is 29.0 Å². The molecule has 104 valence electrons. The molecule has 0 aliphatic carbocycles. The average molecular weight is 308 g/mol. The van der Waals surface area contributed by atoms with Gasteiger partial charge in [0, 0.05) is 12.0 Å². The summed E-state index contributed by atoms with van der Waals surface area (Å²) in [6, 6.07) is 12.8. The molecule has 0 heterocycles. The number of hydrogen-bond donors (Lipinski definition) is 1. The molecule has 2 aromatic carbocycles. The Labute approximate surface area is 128 Å². The van der Waals surface area contributed by atoms with Gasteiger partial charge in [-0.3, -0.25) is 4.79 Å². The van der Waals surface area contributed by atoms with E-state index in [4.69, 9.17) is 28.9 Å². The molecule has 0 saturated heterocycles. The smallest absolute Gasteiger partial charge is 0.167 e. The Balaban J connectivity index is 2.09. The highest BCUT2D eigenvalue weighted by molar-refractivity contribution is 6.42. The van der Waals surface area contributed by atoms with Gasteiger partial charge in [-0.1, -0.05) is 53.5 Å². The molecule has 0 spiro atoms. The van der Waals surface area contributed by atoms with Crippen LogP contribution in [-0.2, 0) is 12.8 Å². The van der Waals surface area contributed by atoms with Gasteiger partial charge in [-0.15, -0.1) is 0 Å². The molecule has 0 aromatic heterocycles. The summed E-state index contributed by atoms with van der Waals surface area (Å²) in [4.78, 5) is 12.2. The van der Waals surface area contributed by atoms with Gasteiger partial charge in [0.2, 0.25) is 0 Å². The van der Waals surface area contributed by atoms with Gasteiger partial charge in [0.15, 0.2) is 5.78 Å². The zero-order valence-electron chi connectivity index (χ0n) is 10.9. The summed E-state index contributed by atoms with van der Waals surface area (Å²) >= 11 is 11.8. The van der Waals surface area contributed by atoms with Crippen LogP contribution in [0.5, 0.6) is 0 Å². The number of carbonyl (C=O) groups is 1. The second-order valence-electron chi connectivity index (χ2n) is 4.58. The average Bonchev–Trinajstić information content (AvgIpc) is 2.44. The molecule has 0 fully saturated rings. The lowest BCUT2D eigenvalue weighted by Gasteiger charge is -2.05. The van der Waals surface area contributed by atoms with Crippen LogP contribution < -0.4 is 5.73 Å². The molecule has 2 N–H and O–H groups in total. The monoisotopic (exact) mass is 307 g/mol. The van der Waals surface area contributed by atoms with Gasteiger partial charge in [0.1, 0.15) is 0 Å². The number of rotatable bonds is 5. The van der Waals surface area contributed by atoms with E-state index in [2.05, 4.69) is 0 Å². The normalized spacial score (nSPS) is 10.6. The molecule has 2 aromatic rings. The lowest BCUT2D eigenvalue weighted by atomic mass is 10.0. The van der Waals surface area contributed by atoms with Crippen molar-refractivity contribution in [2.45, 2.75) is 12.8 Å². The molecule has 20 heavy (non-hydrogen) atoms. The van der Waals surface area contributed by atoms with Crippen LogP contribution in [0.15, 0.2) is 42.5 Å². The molecular weight excluding hydrogens is 293 g/mol. The Bertz CT molecular complexity index is 608. The second-order valence-corrected chi connectivity index (χ2v) is 5.40. The summed E-state index contributed by atoms with van der Waals surface area (Å²) in [6.45, 7) is 0.608. The fourth-order valence-corrected chi connectivity index (χ4v) is 2.28. The third-order valence-corrected chi connectivity index (χ3v) is 3.80. The maximum atomic E-state index is 12.2. The highest BCUT2D eigenvalue weighted by Crippen LogP contribution is 2.23. The van der Waals surface area contributed by atoms with Gasteiger partial charge in [-0.05, 0) is 36.2 Å². The van der Waals surface area contributed by atoms with Crippen molar-refractivity contribution in [2.24, 2.45) is 5.73 Å². The maximum Gasteiger partial charge on any atom is 0.167 e. The first-order valence-electron chi connectivity index (χ1n) is 6.36. The second kappa shape index (κ2) is 6.89. The van der Waals surface area contributed by atoms with E-state index < -0.39 is 0 Å². The van der Waals surface area contributed by atoms with Crippen molar-refractivity contribution < 1.29 is 4.79 Å². The van der Waals surface area contributed by atoms with Crippen LogP contribution in [0.4, 0.5) is 0 Å². The molecule has 0 unspecified atom stereocenters. The Hall–Kier alpha value is -1.35. The van der Waals surface area contributed by atoms with Crippen LogP contribution in [-0.4, -0.2) is 12.3 Å². The van der Waals surface area contributed by atoms with Crippen LogP contribution in [0, 0.1) is 0 Å². The number of carbonyl (C=O) groups excluding carboxylic acids is 1. The first-order chi connectivity index (χ1) is 9.60. The number of hydrogen-bond acceptors (Lipinski definition) is 2. The minimum absolute atomic E-state index is 0.0580. The molecule has 2 nitrogen and oxygen atoms in total. The highest BCUT2D eigenvalue weighted by atomic mass is 35.5. The zero-order valence-corrected chi connectivity index (χ0v) is 12.4. The van der Waals surface area contributed by atoms with Gasteiger partial charge in [0.25, 0.3) is 0 Å². The fraction of sp³-hybridized carbons (Fsp3) is 0.188. The van der Waals surface area contributed by atoms with E-state index in [1.54, 1.807) is 12.1 Å². The minimum atomic E-state index is 0.0580. The Morgan fingerprint density at radius 3 is 2.20 bits per heavy atom. The van der Waals surface area contributed by atoms with Gasteiger partial charge in [0.05, 0.1) is 10.0 Å². The van der Waals surface area contributed by atoms with Gasteiger partial charge < -0.3 is 5.73 Å². The lowest BCUT2D eigenvalue weighted by molar-refractivity contribution is 0.0993. The van der Waals surface area contributed by atoms with Crippen LogP contribution in [0.2, 0.25) is 10.0 Å². The van der Waals surface area contributed by atoms with Crippen molar-refractivity contribution in [3.63, 3.8) is 0 Å². The van der Waals surface area contributed by atoms with E-state index >= 15 is 0 Å². The summed E-state index contributed by atoms with van der Waals surface area (Å²) in [5.41, 5.74) is 8.18. The Morgan fingerprint density at radius 1 is 0.950 bits per heavy atom. The quantitative estimate of drug-likeness (QED) is 0.851. The molecule has 4 heteroatoms. The lowest BCUT2D eigenvalue weighted by Crippen LogP contribution is -2.05. The predicted octanol–water partition coefficient (Wildman–Crippen LogP) is 3.92. The fourth-order valence-electron chi connectivity index (χ4n) is 1.96. The summed E-state index contributed by atoms with van der Waals surface area (Å²) in [5.74, 6) is 0.0580. The SMILES string of the molecule is NCCc1ccc(C(=O)Cc2ccc(Cl)c(Cl)c2)cc1. The molecular formula is C16H15Cl2NO. The number of ketones is 1. The zero-order chi connectivity index (χ0) is 14.5. The molecule has 0 radical (unpaired) electrons. The number of benzene rings is 2. The highest BCUT2D eigenvalue weighted by Gasteiger charge is 2.08. The molecule has 0 amide bonds. The first kappa shape index (κ1) is 15.0. The molecule has 0 saturated carbocycles. The van der Waals surface area contributed by atoms with E-state index in [1.165, 1.54) is 0 Å². The molecule has 0 aliphatic heterocycles. The van der Waals surface area contributed by atoms with E-state index in [-0.39, 0.29) is 5.78 Å². The number of nitrogens with two attached hydrogens (primary N) is 1. The Morgan fingerprint density at radius 2 is 1.60 bits per heavy atom. The van der Waals surface area contributed by atoms with Crippen LogP contribution >= 0.6 is 23.2 Å². The molecule has 2 rings (SSSR count). The largest absolute Gasteiger partial charge is 0.330 e. The van der Waals surface area contributed by atoms with Gasteiger partial charge in [-0.2, -0.15) is 0 Å². The minimum Gasteiger partial charge on any atom is -0.330 e. The van der Waals surface area contributed by atoms with Crippen molar-refractivity contribution in [1.29, 1.82) is 0 Å². The molecule has 0 aliphatic rings. The molecule has 0 bridgehead atoms. The van der Waals surface area contributed by atoms with Gasteiger partial charge in [-0.25, -0.2) is 0 Å². The van der Waals surface area contributed by atoms with E-state index in [1.807, 2.05) is 30.3 Å². The van der Waals surface area contributed by atoms with E-state index in [9.17, 15) is 4.79 Å². The van der Waals surface area contributed by atoms with Crippen molar-refractivity contribution in [1.82, 2.24) is 0 Å². The van der Waals surface area contributed by atoms with E-state index in [0.29, 0.717) is 28.6 Å². The maximum absolute atomic E-state index is 12.2. The number of halogens is 2. The van der Waals surface area contributed by atoms with Crippen molar-refractivity contribution in [2.75, 3.05) is 6.54 Å². The van der Waals surface area contributed by atoms with Gasteiger partial charge >= 0.3 is 0 Å². The summed E-state index contributed by atoms with van der Waals surface area (Å²) < 4.78 is 0. The standard InChI is InChI=1S/C16H15Cl2NO/c17-14-6-3-12(9-15(14)18)10-16(20)13-4-1-11(2-5-13)7-8-19/h1-6,9H,7-8,10,19H2. The van der Waals surface area contributed by atoms with Crippen LogP contribution in [0.25, 0.3) is 0 Å². The topological polar surface area (TPSA) is 43.1 Å². The third-order valence-electron chi connectivity index (χ3n) is 3.06. The molecule has 0 atom stereocenters. The third kappa shape index (κ3) is 3.83. The first-order valence-corrected chi connectivity index (χ1v) is 7.12. The predicted molar refractivity (Wildman–Crippen MR) is 83.7 cm³/mol. The summed E-state index contributed by atoms with van der Waals surface area (Å²) in [5, 5.41) is 0.962. The summed E-state index contributed by atoms with van der Waals surface area (Å²) in [7, 11) is 0. The van der Waals surface area contributed by atoms with Crippen LogP contribution in [0.1, 0.15) is 21.5 Å². The van der Waals surface area contributed by atoms with E-state index in [0.717, 1.165) is 17.5 Å². The summed E-state index contributed by atoms with van der Waals surface area (Å²) in [6.07, 6.45) is 1.13. The van der Waals surface area contributed by atoms with Crippen molar-refractivity contribution in [3.05, 3.63) is 69.2 Å². The Kier molecular flexibility index (Phi) is 5.18.